The van der Waals surface area contributed by atoms with E-state index in [1.807, 2.05) is 0 Å². The van der Waals surface area contributed by atoms with E-state index in [0.717, 1.165) is 16.6 Å². The molecule has 2 aromatic rings. The molecule has 19 heavy (non-hydrogen) atoms. The van der Waals surface area contributed by atoms with Crippen molar-refractivity contribution in [1.82, 2.24) is 9.97 Å². The third-order valence-electron chi connectivity index (χ3n) is 2.44. The Morgan fingerprint density at radius 1 is 1.42 bits per heavy atom. The maximum absolute atomic E-state index is 13.2. The van der Waals surface area contributed by atoms with Crippen molar-refractivity contribution in [1.29, 1.82) is 0 Å². The van der Waals surface area contributed by atoms with E-state index < -0.39 is 15.8 Å². The van der Waals surface area contributed by atoms with Gasteiger partial charge in [-0.3, -0.25) is 4.31 Å². The van der Waals surface area contributed by atoms with Crippen LogP contribution in [0, 0.1) is 5.82 Å². The van der Waals surface area contributed by atoms with Gasteiger partial charge in [-0.25, -0.2) is 9.37 Å². The number of nitrogens with zero attached hydrogens (tertiary/aromatic N) is 2. The highest BCUT2D eigenvalue weighted by Gasteiger charge is 2.26. The minimum absolute atomic E-state index is 0.120. The van der Waals surface area contributed by atoms with Crippen molar-refractivity contribution in [3.05, 3.63) is 42.6 Å². The highest BCUT2D eigenvalue weighted by molar-refractivity contribution is 7.92. The fourth-order valence-corrected chi connectivity index (χ4v) is 2.96. The van der Waals surface area contributed by atoms with Gasteiger partial charge in [0.2, 0.25) is 0 Å². The zero-order chi connectivity index (χ0) is 13.9. The van der Waals surface area contributed by atoms with E-state index in [2.05, 4.69) is 9.97 Å². The van der Waals surface area contributed by atoms with E-state index in [9.17, 15) is 12.8 Å². The Bertz CT molecular complexity index is 643. The number of nitrogens with one attached hydrogen (secondary N) is 1. The van der Waals surface area contributed by atoms with E-state index in [4.69, 9.17) is 5.11 Å². The molecule has 1 heterocycles. The van der Waals surface area contributed by atoms with Gasteiger partial charge in [0.05, 0.1) is 31.4 Å². The third-order valence-corrected chi connectivity index (χ3v) is 4.19. The summed E-state index contributed by atoms with van der Waals surface area (Å²) in [7, 11) is -3.90. The van der Waals surface area contributed by atoms with Crippen LogP contribution in [0.5, 0.6) is 0 Å². The second kappa shape index (κ2) is 5.37. The molecular weight excluding hydrogens is 273 g/mol. The number of hydrogen-bond acceptors (Lipinski definition) is 4. The van der Waals surface area contributed by atoms with Gasteiger partial charge in [-0.2, -0.15) is 8.42 Å². The summed E-state index contributed by atoms with van der Waals surface area (Å²) in [6, 6.07) is 5.15. The van der Waals surface area contributed by atoms with Crippen molar-refractivity contribution in [2.75, 3.05) is 17.5 Å². The molecule has 1 aromatic carbocycles. The SMILES string of the molecule is O=S(=O)(c1cnc[nH]1)N(CCO)c1cccc(F)c1. The molecule has 6 nitrogen and oxygen atoms in total. The number of imidazole rings is 1. The molecule has 1 aromatic heterocycles. The molecular formula is C11H12FN3O3S. The fourth-order valence-electron chi connectivity index (χ4n) is 1.61. The van der Waals surface area contributed by atoms with Gasteiger partial charge in [0, 0.05) is 0 Å². The zero-order valence-corrected chi connectivity index (χ0v) is 10.6. The maximum Gasteiger partial charge on any atom is 0.281 e. The Hall–Kier alpha value is -1.93. The lowest BCUT2D eigenvalue weighted by atomic mass is 10.3. The number of aliphatic hydroxyl groups is 1. The lowest BCUT2D eigenvalue weighted by molar-refractivity contribution is 0.306. The molecule has 0 aliphatic rings. The molecule has 0 bridgehead atoms. The van der Waals surface area contributed by atoms with Crippen LogP contribution in [-0.2, 0) is 10.0 Å². The van der Waals surface area contributed by atoms with Gasteiger partial charge in [-0.1, -0.05) is 6.07 Å². The third kappa shape index (κ3) is 2.74. The van der Waals surface area contributed by atoms with E-state index in [-0.39, 0.29) is 23.9 Å². The van der Waals surface area contributed by atoms with Crippen molar-refractivity contribution in [3.63, 3.8) is 0 Å². The number of aliphatic hydroxyl groups excluding tert-OH is 1. The topological polar surface area (TPSA) is 86.3 Å². The van der Waals surface area contributed by atoms with Crippen molar-refractivity contribution < 1.29 is 17.9 Å². The van der Waals surface area contributed by atoms with Crippen LogP contribution in [0.4, 0.5) is 10.1 Å². The van der Waals surface area contributed by atoms with Crippen LogP contribution in [0.15, 0.2) is 41.8 Å². The summed E-state index contributed by atoms with van der Waals surface area (Å²) in [6.07, 6.45) is 2.38. The first kappa shape index (κ1) is 13.5. The van der Waals surface area contributed by atoms with Gasteiger partial charge in [0.25, 0.3) is 10.0 Å². The van der Waals surface area contributed by atoms with Gasteiger partial charge in [-0.05, 0) is 18.2 Å². The average molecular weight is 285 g/mol. The number of aromatic nitrogens is 2. The van der Waals surface area contributed by atoms with Crippen molar-refractivity contribution >= 4 is 15.7 Å². The number of benzene rings is 1. The summed E-state index contributed by atoms with van der Waals surface area (Å²) in [5, 5.41) is 8.88. The van der Waals surface area contributed by atoms with Gasteiger partial charge < -0.3 is 10.1 Å². The predicted molar refractivity (Wildman–Crippen MR) is 66.6 cm³/mol. The second-order valence-corrected chi connectivity index (χ2v) is 5.53. The number of anilines is 1. The molecule has 2 rings (SSSR count). The summed E-state index contributed by atoms with van der Waals surface area (Å²) in [4.78, 5) is 6.13. The molecule has 102 valence electrons. The minimum atomic E-state index is -3.90. The highest BCUT2D eigenvalue weighted by Crippen LogP contribution is 2.22. The molecule has 0 saturated heterocycles. The Morgan fingerprint density at radius 3 is 2.79 bits per heavy atom. The molecule has 0 aliphatic carbocycles. The molecule has 0 unspecified atom stereocenters. The van der Waals surface area contributed by atoms with Gasteiger partial charge in [0.1, 0.15) is 5.82 Å². The summed E-state index contributed by atoms with van der Waals surface area (Å²) in [5.41, 5.74) is 0.142. The van der Waals surface area contributed by atoms with Crippen LogP contribution in [-0.4, -0.2) is 36.6 Å². The number of aromatic amines is 1. The van der Waals surface area contributed by atoms with Crippen LogP contribution >= 0.6 is 0 Å². The van der Waals surface area contributed by atoms with Crippen molar-refractivity contribution in [2.24, 2.45) is 0 Å². The van der Waals surface area contributed by atoms with E-state index in [0.29, 0.717) is 0 Å². The molecule has 8 heteroatoms. The highest BCUT2D eigenvalue weighted by atomic mass is 32.2. The van der Waals surface area contributed by atoms with Crippen LogP contribution in [0.25, 0.3) is 0 Å². The van der Waals surface area contributed by atoms with Crippen LogP contribution < -0.4 is 4.31 Å². The second-order valence-electron chi connectivity index (χ2n) is 3.70. The van der Waals surface area contributed by atoms with Gasteiger partial charge >= 0.3 is 0 Å². The predicted octanol–water partition coefficient (Wildman–Crippen LogP) is 0.736. The molecule has 0 aliphatic heterocycles. The van der Waals surface area contributed by atoms with Gasteiger partial charge in [-0.15, -0.1) is 0 Å². The van der Waals surface area contributed by atoms with Gasteiger partial charge in [0.15, 0.2) is 5.03 Å². The number of H-pyrrole nitrogens is 1. The minimum Gasteiger partial charge on any atom is -0.394 e. The number of halogens is 1. The molecule has 0 fully saturated rings. The Morgan fingerprint density at radius 2 is 2.21 bits per heavy atom. The Kier molecular flexibility index (Phi) is 3.82. The largest absolute Gasteiger partial charge is 0.394 e. The number of sulfonamides is 1. The van der Waals surface area contributed by atoms with E-state index in [1.165, 1.54) is 24.5 Å². The quantitative estimate of drug-likeness (QED) is 0.848. The summed E-state index contributed by atoms with van der Waals surface area (Å²) >= 11 is 0. The zero-order valence-electron chi connectivity index (χ0n) is 9.82. The van der Waals surface area contributed by atoms with E-state index >= 15 is 0 Å². The monoisotopic (exact) mass is 285 g/mol. The summed E-state index contributed by atoms with van der Waals surface area (Å²) < 4.78 is 38.7. The average Bonchev–Trinajstić information content (AvgIpc) is 2.90. The van der Waals surface area contributed by atoms with Crippen molar-refractivity contribution in [2.45, 2.75) is 5.03 Å². The number of hydrogen-bond donors (Lipinski definition) is 2. The van der Waals surface area contributed by atoms with Crippen LogP contribution in [0.1, 0.15) is 0 Å². The Labute approximate surface area is 109 Å². The molecule has 0 radical (unpaired) electrons. The van der Waals surface area contributed by atoms with Crippen molar-refractivity contribution in [3.8, 4) is 0 Å². The molecule has 0 amide bonds. The van der Waals surface area contributed by atoms with E-state index in [1.54, 1.807) is 0 Å². The lowest BCUT2D eigenvalue weighted by Crippen LogP contribution is -2.33. The summed E-state index contributed by atoms with van der Waals surface area (Å²) in [6.45, 7) is -0.561. The first-order valence-corrected chi connectivity index (χ1v) is 6.87. The Balaban J connectivity index is 2.46. The summed E-state index contributed by atoms with van der Waals surface area (Å²) in [5.74, 6) is -0.555. The normalized spacial score (nSPS) is 11.5. The molecule has 2 N–H and O–H groups in total. The molecule has 0 atom stereocenters. The van der Waals surface area contributed by atoms with Crippen LogP contribution in [0.2, 0.25) is 0 Å². The number of rotatable bonds is 5. The molecule has 0 saturated carbocycles. The maximum atomic E-state index is 13.2. The van der Waals surface area contributed by atoms with Crippen LogP contribution in [0.3, 0.4) is 0 Å². The molecule has 0 spiro atoms. The first-order valence-electron chi connectivity index (χ1n) is 5.43. The first-order chi connectivity index (χ1) is 9.05. The standard InChI is InChI=1S/C11H12FN3O3S/c12-9-2-1-3-10(6-9)15(4-5-16)19(17,18)11-7-13-8-14-11/h1-3,6-8,16H,4-5H2,(H,13,14). The fraction of sp³-hybridized carbons (Fsp3) is 0.182. The lowest BCUT2D eigenvalue weighted by Gasteiger charge is -2.22. The smallest absolute Gasteiger partial charge is 0.281 e.